The Labute approximate surface area is 121 Å². The summed E-state index contributed by atoms with van der Waals surface area (Å²) >= 11 is 1.19. The van der Waals surface area contributed by atoms with Crippen molar-refractivity contribution in [3.63, 3.8) is 0 Å². The maximum Gasteiger partial charge on any atom is 0.252 e. The van der Waals surface area contributed by atoms with Crippen LogP contribution in [0.5, 0.6) is 0 Å². The Morgan fingerprint density at radius 3 is 2.70 bits per heavy atom. The Kier molecular flexibility index (Phi) is 4.63. The second kappa shape index (κ2) is 6.43. The fourth-order valence-electron chi connectivity index (χ4n) is 1.71. The van der Waals surface area contributed by atoms with E-state index in [-0.39, 0.29) is 11.7 Å². The Morgan fingerprint density at radius 1 is 1.25 bits per heavy atom. The molecule has 1 amide bonds. The van der Waals surface area contributed by atoms with Gasteiger partial charge < -0.3 is 11.1 Å². The summed E-state index contributed by atoms with van der Waals surface area (Å²) in [5.41, 5.74) is 6.79. The highest BCUT2D eigenvalue weighted by atomic mass is 32.2. The molecule has 2 aromatic carbocycles. The molecular weight excluding hydrogens is 275 g/mol. The minimum atomic E-state index is -0.318. The number of nitrogen functional groups attached to an aromatic ring is 1. The van der Waals surface area contributed by atoms with E-state index >= 15 is 0 Å². The fraction of sp³-hybridized carbons (Fsp3) is 0.133. The standard InChI is InChI=1S/C15H15FN2OS/c1-2-18-15(19)11-8-7-10(17)9-14(11)20-13-6-4-3-5-12(13)16/h3-9H,2,17H2,1H3,(H,18,19). The Balaban J connectivity index is 2.37. The first-order valence-corrected chi connectivity index (χ1v) is 7.03. The summed E-state index contributed by atoms with van der Waals surface area (Å²) in [6.07, 6.45) is 0. The van der Waals surface area contributed by atoms with Crippen LogP contribution in [0, 0.1) is 5.82 Å². The average molecular weight is 290 g/mol. The molecule has 0 aliphatic rings. The van der Waals surface area contributed by atoms with Gasteiger partial charge in [0.05, 0.1) is 5.56 Å². The lowest BCUT2D eigenvalue weighted by atomic mass is 10.2. The van der Waals surface area contributed by atoms with Crippen molar-refractivity contribution in [1.82, 2.24) is 5.32 Å². The molecule has 0 atom stereocenters. The number of nitrogens with two attached hydrogens (primary N) is 1. The molecule has 5 heteroatoms. The number of hydrogen-bond acceptors (Lipinski definition) is 3. The molecule has 3 nitrogen and oxygen atoms in total. The van der Waals surface area contributed by atoms with Gasteiger partial charge in [-0.25, -0.2) is 4.39 Å². The normalized spacial score (nSPS) is 10.3. The van der Waals surface area contributed by atoms with E-state index in [1.165, 1.54) is 17.8 Å². The van der Waals surface area contributed by atoms with E-state index in [0.717, 1.165) is 0 Å². The van der Waals surface area contributed by atoms with Crippen LogP contribution in [0.3, 0.4) is 0 Å². The highest BCUT2D eigenvalue weighted by Gasteiger charge is 2.13. The lowest BCUT2D eigenvalue weighted by molar-refractivity contribution is 0.0953. The largest absolute Gasteiger partial charge is 0.399 e. The highest BCUT2D eigenvalue weighted by Crippen LogP contribution is 2.33. The predicted molar refractivity (Wildman–Crippen MR) is 79.4 cm³/mol. The van der Waals surface area contributed by atoms with Gasteiger partial charge in [-0.15, -0.1) is 0 Å². The van der Waals surface area contributed by atoms with Crippen molar-refractivity contribution in [2.45, 2.75) is 16.7 Å². The minimum absolute atomic E-state index is 0.189. The molecule has 0 unspecified atom stereocenters. The molecule has 0 spiro atoms. The van der Waals surface area contributed by atoms with Crippen LogP contribution in [0.4, 0.5) is 10.1 Å². The molecule has 0 aromatic heterocycles. The molecule has 0 fully saturated rings. The smallest absolute Gasteiger partial charge is 0.252 e. The summed E-state index contributed by atoms with van der Waals surface area (Å²) < 4.78 is 13.7. The van der Waals surface area contributed by atoms with Crippen molar-refractivity contribution in [2.75, 3.05) is 12.3 Å². The zero-order valence-electron chi connectivity index (χ0n) is 11.0. The van der Waals surface area contributed by atoms with E-state index in [1.54, 1.807) is 36.4 Å². The lowest BCUT2D eigenvalue weighted by Crippen LogP contribution is -2.23. The number of benzene rings is 2. The van der Waals surface area contributed by atoms with Gasteiger partial charge in [0.25, 0.3) is 5.91 Å². The van der Waals surface area contributed by atoms with Crippen LogP contribution in [0.25, 0.3) is 0 Å². The van der Waals surface area contributed by atoms with Crippen LogP contribution < -0.4 is 11.1 Å². The molecule has 20 heavy (non-hydrogen) atoms. The first-order chi connectivity index (χ1) is 9.61. The summed E-state index contributed by atoms with van der Waals surface area (Å²) in [5, 5.41) is 2.74. The molecule has 0 saturated carbocycles. The third-order valence-electron chi connectivity index (χ3n) is 2.64. The Hall–Kier alpha value is -2.01. The highest BCUT2D eigenvalue weighted by molar-refractivity contribution is 7.99. The van der Waals surface area contributed by atoms with E-state index in [0.29, 0.717) is 27.6 Å². The van der Waals surface area contributed by atoms with Gasteiger partial charge in [-0.2, -0.15) is 0 Å². The van der Waals surface area contributed by atoms with Gasteiger partial charge in [-0.1, -0.05) is 23.9 Å². The van der Waals surface area contributed by atoms with Crippen LogP contribution in [0.15, 0.2) is 52.3 Å². The van der Waals surface area contributed by atoms with E-state index in [1.807, 2.05) is 6.92 Å². The van der Waals surface area contributed by atoms with Crippen molar-refractivity contribution in [3.8, 4) is 0 Å². The van der Waals surface area contributed by atoms with Crippen molar-refractivity contribution in [3.05, 3.63) is 53.8 Å². The molecule has 0 bridgehead atoms. The maximum atomic E-state index is 13.7. The molecule has 2 rings (SSSR count). The van der Waals surface area contributed by atoms with Crippen LogP contribution in [0.2, 0.25) is 0 Å². The van der Waals surface area contributed by atoms with Crippen molar-refractivity contribution >= 4 is 23.4 Å². The number of nitrogens with one attached hydrogen (secondary N) is 1. The first-order valence-electron chi connectivity index (χ1n) is 6.22. The molecule has 0 aliphatic carbocycles. The maximum absolute atomic E-state index is 13.7. The van der Waals surface area contributed by atoms with Crippen LogP contribution in [0.1, 0.15) is 17.3 Å². The van der Waals surface area contributed by atoms with E-state index < -0.39 is 0 Å². The van der Waals surface area contributed by atoms with E-state index in [2.05, 4.69) is 5.32 Å². The molecule has 2 aromatic rings. The monoisotopic (exact) mass is 290 g/mol. The van der Waals surface area contributed by atoms with Crippen LogP contribution >= 0.6 is 11.8 Å². The number of carbonyl (C=O) groups excluding carboxylic acids is 1. The van der Waals surface area contributed by atoms with Gasteiger partial charge in [0, 0.05) is 22.0 Å². The van der Waals surface area contributed by atoms with Gasteiger partial charge in [0.1, 0.15) is 5.82 Å². The van der Waals surface area contributed by atoms with Gasteiger partial charge in [-0.3, -0.25) is 4.79 Å². The zero-order chi connectivity index (χ0) is 14.5. The predicted octanol–water partition coefficient (Wildman–Crippen LogP) is 3.31. The topological polar surface area (TPSA) is 55.1 Å². The quantitative estimate of drug-likeness (QED) is 0.849. The Bertz CT molecular complexity index is 631. The van der Waals surface area contributed by atoms with Gasteiger partial charge >= 0.3 is 0 Å². The van der Waals surface area contributed by atoms with Gasteiger partial charge in [0.15, 0.2) is 0 Å². The summed E-state index contributed by atoms with van der Waals surface area (Å²) in [6.45, 7) is 2.38. The molecular formula is C15H15FN2OS. The number of rotatable bonds is 4. The number of anilines is 1. The zero-order valence-corrected chi connectivity index (χ0v) is 11.8. The second-order valence-electron chi connectivity index (χ2n) is 4.15. The minimum Gasteiger partial charge on any atom is -0.399 e. The van der Waals surface area contributed by atoms with Crippen molar-refractivity contribution in [1.29, 1.82) is 0 Å². The summed E-state index contributed by atoms with van der Waals surface area (Å²) in [7, 11) is 0. The van der Waals surface area contributed by atoms with Crippen molar-refractivity contribution in [2.24, 2.45) is 0 Å². The molecule has 0 saturated heterocycles. The molecule has 0 radical (unpaired) electrons. The van der Waals surface area contributed by atoms with E-state index in [9.17, 15) is 9.18 Å². The SMILES string of the molecule is CCNC(=O)c1ccc(N)cc1Sc1ccccc1F. The van der Waals surface area contributed by atoms with Gasteiger partial charge in [-0.05, 0) is 37.3 Å². The van der Waals surface area contributed by atoms with Crippen LogP contribution in [-0.4, -0.2) is 12.5 Å². The number of carbonyl (C=O) groups is 1. The molecule has 0 aliphatic heterocycles. The molecule has 3 N–H and O–H groups in total. The van der Waals surface area contributed by atoms with Crippen LogP contribution in [-0.2, 0) is 0 Å². The third kappa shape index (κ3) is 3.30. The first kappa shape index (κ1) is 14.4. The fourth-order valence-corrected chi connectivity index (χ4v) is 2.73. The lowest BCUT2D eigenvalue weighted by Gasteiger charge is -2.10. The number of halogens is 1. The summed E-state index contributed by atoms with van der Waals surface area (Å²) in [6, 6.07) is 11.4. The second-order valence-corrected chi connectivity index (χ2v) is 5.23. The number of hydrogen-bond donors (Lipinski definition) is 2. The van der Waals surface area contributed by atoms with Crippen molar-refractivity contribution < 1.29 is 9.18 Å². The number of amides is 1. The average Bonchev–Trinajstić information content (AvgIpc) is 2.42. The Morgan fingerprint density at radius 2 is 2.00 bits per heavy atom. The van der Waals surface area contributed by atoms with E-state index in [4.69, 9.17) is 5.73 Å². The summed E-state index contributed by atoms with van der Waals surface area (Å²) in [5.74, 6) is -0.506. The molecule has 104 valence electrons. The third-order valence-corrected chi connectivity index (χ3v) is 3.75. The summed E-state index contributed by atoms with van der Waals surface area (Å²) in [4.78, 5) is 13.1. The molecule has 0 heterocycles. The van der Waals surface area contributed by atoms with Gasteiger partial charge in [0.2, 0.25) is 0 Å².